The van der Waals surface area contributed by atoms with Crippen molar-refractivity contribution in [1.29, 1.82) is 0 Å². The molecule has 0 spiro atoms. The molecule has 1 saturated heterocycles. The van der Waals surface area contributed by atoms with Gasteiger partial charge in [-0.1, -0.05) is 6.42 Å². The molecule has 0 radical (unpaired) electrons. The van der Waals surface area contributed by atoms with Crippen molar-refractivity contribution in [2.75, 3.05) is 18.4 Å². The van der Waals surface area contributed by atoms with Crippen molar-refractivity contribution in [1.82, 2.24) is 9.29 Å². The van der Waals surface area contributed by atoms with Gasteiger partial charge >= 0.3 is 0 Å². The number of sulfonamides is 1. The third-order valence-electron chi connectivity index (χ3n) is 5.10. The molecule has 2 aromatic rings. The molecule has 0 atom stereocenters. The highest BCUT2D eigenvalue weighted by Gasteiger charge is 2.32. The van der Waals surface area contributed by atoms with E-state index in [0.717, 1.165) is 44.2 Å². The number of nitrogens with one attached hydrogen (secondary N) is 1. The van der Waals surface area contributed by atoms with Crippen LogP contribution in [0.1, 0.15) is 59.0 Å². The molecule has 0 saturated carbocycles. The number of carbonyl (C=O) groups excluding carboxylic acids is 1. The molecule has 0 unspecified atom stereocenters. The van der Waals surface area contributed by atoms with Gasteiger partial charge in [-0.15, -0.1) is 11.3 Å². The van der Waals surface area contributed by atoms with Crippen LogP contribution in [0.3, 0.4) is 0 Å². The molecule has 1 fully saturated rings. The summed E-state index contributed by atoms with van der Waals surface area (Å²) in [4.78, 5) is 18.4. The second kappa shape index (κ2) is 7.37. The van der Waals surface area contributed by atoms with Crippen molar-refractivity contribution in [2.24, 2.45) is 0 Å². The number of rotatable bonds is 4. The van der Waals surface area contributed by atoms with Gasteiger partial charge in [-0.2, -0.15) is 4.31 Å². The molecule has 0 bridgehead atoms. The Balaban J connectivity index is 1.53. The van der Waals surface area contributed by atoms with E-state index in [2.05, 4.69) is 10.3 Å². The number of amides is 1. The Kier molecular flexibility index (Phi) is 5.09. The van der Waals surface area contributed by atoms with Crippen LogP contribution in [0.25, 0.3) is 0 Å². The van der Waals surface area contributed by atoms with E-state index in [0.29, 0.717) is 18.2 Å². The lowest BCUT2D eigenvalue weighted by Crippen LogP contribution is -2.28. The number of aromatic nitrogens is 1. The van der Waals surface area contributed by atoms with Crippen LogP contribution in [0.2, 0.25) is 0 Å². The summed E-state index contributed by atoms with van der Waals surface area (Å²) in [6.45, 7) is 2.60. The maximum Gasteiger partial charge on any atom is 0.293 e. The molecule has 7 nitrogen and oxygen atoms in total. The maximum absolute atomic E-state index is 12.7. The number of fused-ring (bicyclic) bond motifs is 1. The lowest BCUT2D eigenvalue weighted by molar-refractivity contribution is 0.0995. The summed E-state index contributed by atoms with van der Waals surface area (Å²) in [6, 6.07) is 1.33. The average molecular weight is 410 g/mol. The highest BCUT2D eigenvalue weighted by atomic mass is 32.2. The predicted octanol–water partition coefficient (Wildman–Crippen LogP) is 3.35. The number of thiazole rings is 1. The van der Waals surface area contributed by atoms with Crippen LogP contribution in [-0.4, -0.2) is 36.7 Å². The number of aryl methyl sites for hydroxylation is 3. The SMILES string of the molecule is Cc1oc(C(=O)Nc2nc3c(s2)CCCCC3)cc1S(=O)(=O)N1CCCC1. The van der Waals surface area contributed by atoms with Gasteiger partial charge in [-0.25, -0.2) is 13.4 Å². The Morgan fingerprint density at radius 1 is 1.19 bits per heavy atom. The summed E-state index contributed by atoms with van der Waals surface area (Å²) in [5, 5.41) is 3.31. The molecule has 1 aliphatic heterocycles. The zero-order chi connectivity index (χ0) is 19.0. The Morgan fingerprint density at radius 2 is 1.93 bits per heavy atom. The Labute approximate surface area is 162 Å². The van der Waals surface area contributed by atoms with Crippen LogP contribution in [0, 0.1) is 6.92 Å². The lowest BCUT2D eigenvalue weighted by atomic mass is 10.2. The van der Waals surface area contributed by atoms with Crippen molar-refractivity contribution >= 4 is 32.4 Å². The lowest BCUT2D eigenvalue weighted by Gasteiger charge is -2.14. The minimum Gasteiger partial charge on any atom is -0.455 e. The summed E-state index contributed by atoms with van der Waals surface area (Å²) >= 11 is 1.50. The van der Waals surface area contributed by atoms with Gasteiger partial charge in [0.15, 0.2) is 10.9 Å². The van der Waals surface area contributed by atoms with E-state index in [-0.39, 0.29) is 16.4 Å². The van der Waals surface area contributed by atoms with Crippen LogP contribution in [-0.2, 0) is 22.9 Å². The zero-order valence-electron chi connectivity index (χ0n) is 15.3. The first-order chi connectivity index (χ1) is 12.9. The first-order valence-corrected chi connectivity index (χ1v) is 11.6. The number of nitrogens with zero attached hydrogens (tertiary/aromatic N) is 2. The van der Waals surface area contributed by atoms with E-state index >= 15 is 0 Å². The van der Waals surface area contributed by atoms with Crippen LogP contribution in [0.5, 0.6) is 0 Å². The van der Waals surface area contributed by atoms with Gasteiger partial charge in [0.25, 0.3) is 5.91 Å². The quantitative estimate of drug-likeness (QED) is 0.782. The summed E-state index contributed by atoms with van der Waals surface area (Å²) in [5.74, 6) is -0.234. The molecule has 146 valence electrons. The van der Waals surface area contributed by atoms with E-state index < -0.39 is 15.9 Å². The molecule has 4 rings (SSSR count). The molecular weight excluding hydrogens is 386 g/mol. The topological polar surface area (TPSA) is 92.5 Å². The van der Waals surface area contributed by atoms with Crippen molar-refractivity contribution in [3.8, 4) is 0 Å². The van der Waals surface area contributed by atoms with Crippen LogP contribution < -0.4 is 5.32 Å². The van der Waals surface area contributed by atoms with Crippen LogP contribution in [0.4, 0.5) is 5.13 Å². The van der Waals surface area contributed by atoms with Gasteiger partial charge in [-0.05, 0) is 45.4 Å². The molecule has 1 amide bonds. The number of anilines is 1. The minimum absolute atomic E-state index is 0.00401. The maximum atomic E-state index is 12.7. The third kappa shape index (κ3) is 3.68. The van der Waals surface area contributed by atoms with Gasteiger partial charge in [0.1, 0.15) is 10.7 Å². The Morgan fingerprint density at radius 3 is 2.70 bits per heavy atom. The fourth-order valence-corrected chi connectivity index (χ4v) is 6.36. The Bertz CT molecular complexity index is 932. The average Bonchev–Trinajstić information content (AvgIpc) is 3.33. The van der Waals surface area contributed by atoms with E-state index in [1.807, 2.05) is 0 Å². The normalized spacial score (nSPS) is 18.3. The predicted molar refractivity (Wildman–Crippen MR) is 103 cm³/mol. The fourth-order valence-electron chi connectivity index (χ4n) is 3.64. The summed E-state index contributed by atoms with van der Waals surface area (Å²) in [6.07, 6.45) is 7.15. The summed E-state index contributed by atoms with van der Waals surface area (Å²) in [5.41, 5.74) is 1.07. The third-order valence-corrected chi connectivity index (χ3v) is 8.17. The van der Waals surface area contributed by atoms with Crippen molar-refractivity contribution in [3.63, 3.8) is 0 Å². The van der Waals surface area contributed by atoms with Gasteiger partial charge in [0.05, 0.1) is 5.69 Å². The summed E-state index contributed by atoms with van der Waals surface area (Å²) < 4.78 is 32.4. The highest BCUT2D eigenvalue weighted by molar-refractivity contribution is 7.89. The van der Waals surface area contributed by atoms with Gasteiger partial charge in [-0.3, -0.25) is 10.1 Å². The molecule has 0 aromatic carbocycles. The first kappa shape index (κ1) is 18.6. The molecule has 1 N–H and O–H groups in total. The van der Waals surface area contributed by atoms with E-state index in [1.165, 1.54) is 33.0 Å². The van der Waals surface area contributed by atoms with Crippen molar-refractivity contribution in [2.45, 2.75) is 56.8 Å². The minimum atomic E-state index is -3.61. The Hall–Kier alpha value is -1.71. The van der Waals surface area contributed by atoms with E-state index in [4.69, 9.17) is 4.42 Å². The van der Waals surface area contributed by atoms with E-state index in [9.17, 15) is 13.2 Å². The molecule has 27 heavy (non-hydrogen) atoms. The molecule has 3 heterocycles. The number of hydrogen-bond donors (Lipinski definition) is 1. The molecule has 9 heteroatoms. The smallest absolute Gasteiger partial charge is 0.293 e. The van der Waals surface area contributed by atoms with Crippen LogP contribution in [0.15, 0.2) is 15.4 Å². The monoisotopic (exact) mass is 409 g/mol. The number of furan rings is 1. The van der Waals surface area contributed by atoms with Crippen LogP contribution >= 0.6 is 11.3 Å². The molecule has 2 aromatic heterocycles. The largest absolute Gasteiger partial charge is 0.455 e. The van der Waals surface area contributed by atoms with Crippen molar-refractivity contribution in [3.05, 3.63) is 28.2 Å². The molecular formula is C18H23N3O4S2. The van der Waals surface area contributed by atoms with Crippen molar-refractivity contribution < 1.29 is 17.6 Å². The summed E-state index contributed by atoms with van der Waals surface area (Å²) in [7, 11) is -3.61. The number of hydrogen-bond acceptors (Lipinski definition) is 6. The highest BCUT2D eigenvalue weighted by Crippen LogP contribution is 2.30. The second-order valence-electron chi connectivity index (χ2n) is 7.05. The number of carbonyl (C=O) groups is 1. The molecule has 2 aliphatic rings. The molecule has 1 aliphatic carbocycles. The second-order valence-corrected chi connectivity index (χ2v) is 10.0. The van der Waals surface area contributed by atoms with Gasteiger partial charge in [0, 0.05) is 24.0 Å². The van der Waals surface area contributed by atoms with Gasteiger partial charge < -0.3 is 4.42 Å². The standard InChI is InChI=1S/C18H23N3O4S2/c1-12-16(27(23,24)21-9-5-6-10-21)11-14(25-12)17(22)20-18-19-13-7-3-2-4-8-15(13)26-18/h11H,2-10H2,1H3,(H,19,20,22). The zero-order valence-corrected chi connectivity index (χ0v) is 16.9. The first-order valence-electron chi connectivity index (χ1n) is 9.35. The van der Waals surface area contributed by atoms with Gasteiger partial charge in [0.2, 0.25) is 10.0 Å². The fraction of sp³-hybridized carbons (Fsp3) is 0.556. The van der Waals surface area contributed by atoms with E-state index in [1.54, 1.807) is 6.92 Å².